The number of imidazole rings is 1. The highest BCUT2D eigenvalue weighted by atomic mass is 16.2. The molecule has 0 atom stereocenters. The van der Waals surface area contributed by atoms with Crippen LogP contribution in [0.15, 0.2) is 24.3 Å². The number of nitrogens with one attached hydrogen (secondary N) is 1. The van der Waals surface area contributed by atoms with Crippen molar-refractivity contribution >= 4 is 28.8 Å². The maximum atomic E-state index is 13.0. The molecular formula is C23H33N5O2. The Bertz CT molecular complexity index is 892. The molecule has 2 amide bonds. The van der Waals surface area contributed by atoms with Crippen molar-refractivity contribution in [2.45, 2.75) is 46.1 Å². The average Bonchev–Trinajstić information content (AvgIpc) is 3.57. The van der Waals surface area contributed by atoms with Gasteiger partial charge in [-0.1, -0.05) is 26.0 Å². The van der Waals surface area contributed by atoms with Gasteiger partial charge in [0.05, 0.1) is 11.0 Å². The molecule has 0 spiro atoms. The van der Waals surface area contributed by atoms with E-state index in [1.807, 2.05) is 23.1 Å². The van der Waals surface area contributed by atoms with Gasteiger partial charge in [-0.15, -0.1) is 0 Å². The fourth-order valence-corrected chi connectivity index (χ4v) is 4.34. The molecule has 2 fully saturated rings. The van der Waals surface area contributed by atoms with E-state index < -0.39 is 0 Å². The van der Waals surface area contributed by atoms with Crippen LogP contribution in [0, 0.1) is 11.8 Å². The molecule has 0 unspecified atom stereocenters. The summed E-state index contributed by atoms with van der Waals surface area (Å²) in [4.78, 5) is 34.3. The molecule has 1 aromatic carbocycles. The number of hydrogen-bond donors (Lipinski definition) is 1. The molecule has 4 rings (SSSR count). The number of likely N-dealkylation sites (N-methyl/N-ethyl adjacent to an activating group) is 1. The molecular weight excluding hydrogens is 378 g/mol. The second kappa shape index (κ2) is 9.16. The van der Waals surface area contributed by atoms with Crippen LogP contribution in [0.3, 0.4) is 0 Å². The zero-order chi connectivity index (χ0) is 21.1. The Labute approximate surface area is 178 Å². The molecule has 162 valence electrons. The molecule has 1 saturated heterocycles. The maximum absolute atomic E-state index is 13.0. The van der Waals surface area contributed by atoms with Gasteiger partial charge in [0.1, 0.15) is 0 Å². The Hall–Kier alpha value is -2.41. The Balaban J connectivity index is 1.43. The number of amides is 2. The Kier molecular flexibility index (Phi) is 6.37. The summed E-state index contributed by atoms with van der Waals surface area (Å²) < 4.78 is 2.12. The second-order valence-electron chi connectivity index (χ2n) is 8.47. The minimum atomic E-state index is -0.0655. The van der Waals surface area contributed by atoms with Crippen LogP contribution in [0.25, 0.3) is 11.0 Å². The summed E-state index contributed by atoms with van der Waals surface area (Å²) in [7, 11) is 0. The fourth-order valence-electron chi connectivity index (χ4n) is 4.34. The van der Waals surface area contributed by atoms with Crippen LogP contribution < -0.4 is 5.32 Å². The third-order valence-corrected chi connectivity index (χ3v) is 6.53. The third-order valence-electron chi connectivity index (χ3n) is 6.53. The van der Waals surface area contributed by atoms with Gasteiger partial charge in [0.25, 0.3) is 0 Å². The molecule has 2 aromatic rings. The molecule has 7 heteroatoms. The van der Waals surface area contributed by atoms with Crippen LogP contribution in [0.5, 0.6) is 0 Å². The van der Waals surface area contributed by atoms with Gasteiger partial charge in [0, 0.05) is 38.0 Å². The van der Waals surface area contributed by atoms with Gasteiger partial charge in [-0.2, -0.15) is 0 Å². The van der Waals surface area contributed by atoms with Crippen molar-refractivity contribution in [2.75, 3.05) is 38.0 Å². The van der Waals surface area contributed by atoms with E-state index in [4.69, 9.17) is 4.98 Å². The topological polar surface area (TPSA) is 70.5 Å². The lowest BCUT2D eigenvalue weighted by Crippen LogP contribution is -2.42. The monoisotopic (exact) mass is 411 g/mol. The van der Waals surface area contributed by atoms with Crippen LogP contribution in [0.2, 0.25) is 0 Å². The standard InChI is InChI=1S/C23H33N5O2/c1-3-26(4-2)15-16-28-20-8-6-5-7-19(20)24-23(28)25-21(29)17-11-13-27(14-12-17)22(30)18-9-10-18/h5-8,17-18H,3-4,9-16H2,1-2H3,(H,24,25,29). The molecule has 1 aliphatic carbocycles. The van der Waals surface area contributed by atoms with Crippen molar-refractivity contribution in [3.05, 3.63) is 24.3 Å². The summed E-state index contributed by atoms with van der Waals surface area (Å²) in [6, 6.07) is 8.03. The summed E-state index contributed by atoms with van der Waals surface area (Å²) >= 11 is 0. The Morgan fingerprint density at radius 1 is 1.07 bits per heavy atom. The van der Waals surface area contributed by atoms with E-state index in [0.29, 0.717) is 19.0 Å². The number of aromatic nitrogens is 2. The Morgan fingerprint density at radius 2 is 1.77 bits per heavy atom. The maximum Gasteiger partial charge on any atom is 0.229 e. The van der Waals surface area contributed by atoms with Crippen LogP contribution in [-0.4, -0.2) is 63.9 Å². The van der Waals surface area contributed by atoms with Crippen molar-refractivity contribution < 1.29 is 9.59 Å². The van der Waals surface area contributed by atoms with E-state index in [9.17, 15) is 9.59 Å². The third kappa shape index (κ3) is 4.51. The number of rotatable bonds is 8. The number of carbonyl (C=O) groups excluding carboxylic acids is 2. The second-order valence-corrected chi connectivity index (χ2v) is 8.47. The molecule has 1 saturated carbocycles. The van der Waals surface area contributed by atoms with E-state index in [0.717, 1.165) is 62.9 Å². The molecule has 1 aromatic heterocycles. The summed E-state index contributed by atoms with van der Waals surface area (Å²) in [6.45, 7) is 9.41. The average molecular weight is 412 g/mol. The highest BCUT2D eigenvalue weighted by molar-refractivity contribution is 5.93. The smallest absolute Gasteiger partial charge is 0.229 e. The van der Waals surface area contributed by atoms with Gasteiger partial charge in [-0.05, 0) is 50.9 Å². The minimum absolute atomic E-state index is 0.0212. The number of nitrogens with zero attached hydrogens (tertiary/aromatic N) is 4. The summed E-state index contributed by atoms with van der Waals surface area (Å²) in [5, 5.41) is 3.10. The number of piperidine rings is 1. The van der Waals surface area contributed by atoms with Crippen molar-refractivity contribution in [3.8, 4) is 0 Å². The number of hydrogen-bond acceptors (Lipinski definition) is 4. The van der Waals surface area contributed by atoms with Crippen LogP contribution in [0.1, 0.15) is 39.5 Å². The van der Waals surface area contributed by atoms with Gasteiger partial charge in [0.15, 0.2) is 0 Å². The minimum Gasteiger partial charge on any atom is -0.342 e. The number of likely N-dealkylation sites (tertiary alicyclic amines) is 1. The van der Waals surface area contributed by atoms with E-state index in [2.05, 4.69) is 34.7 Å². The van der Waals surface area contributed by atoms with Crippen LogP contribution in [0.4, 0.5) is 5.95 Å². The van der Waals surface area contributed by atoms with Gasteiger partial charge in [-0.25, -0.2) is 4.98 Å². The molecule has 2 aliphatic rings. The van der Waals surface area contributed by atoms with Crippen LogP contribution >= 0.6 is 0 Å². The van der Waals surface area contributed by atoms with E-state index >= 15 is 0 Å². The van der Waals surface area contributed by atoms with Gasteiger partial charge in [-0.3, -0.25) is 14.9 Å². The van der Waals surface area contributed by atoms with Gasteiger partial charge in [0.2, 0.25) is 17.8 Å². The zero-order valence-electron chi connectivity index (χ0n) is 18.1. The molecule has 1 N–H and O–H groups in total. The van der Waals surface area contributed by atoms with Crippen molar-refractivity contribution in [1.82, 2.24) is 19.4 Å². The number of carbonyl (C=O) groups is 2. The molecule has 30 heavy (non-hydrogen) atoms. The number of fused-ring (bicyclic) bond motifs is 1. The number of para-hydroxylation sites is 2. The quantitative estimate of drug-likeness (QED) is 0.725. The lowest BCUT2D eigenvalue weighted by molar-refractivity contribution is -0.135. The van der Waals surface area contributed by atoms with Crippen LogP contribution in [-0.2, 0) is 16.1 Å². The number of anilines is 1. The first-order valence-corrected chi connectivity index (χ1v) is 11.4. The molecule has 2 heterocycles. The summed E-state index contributed by atoms with van der Waals surface area (Å²) in [5.74, 6) is 1.12. The summed E-state index contributed by atoms with van der Waals surface area (Å²) in [5.41, 5.74) is 1.95. The SMILES string of the molecule is CCN(CC)CCn1c(NC(=O)C2CCN(C(=O)C3CC3)CC2)nc2ccccc21. The molecule has 1 aliphatic heterocycles. The van der Waals surface area contributed by atoms with Gasteiger partial charge < -0.3 is 14.4 Å². The fraction of sp³-hybridized carbons (Fsp3) is 0.609. The lowest BCUT2D eigenvalue weighted by Gasteiger charge is -2.31. The Morgan fingerprint density at radius 3 is 2.43 bits per heavy atom. The highest BCUT2D eigenvalue weighted by Crippen LogP contribution is 2.32. The summed E-state index contributed by atoms with van der Waals surface area (Å²) in [6.07, 6.45) is 3.51. The van der Waals surface area contributed by atoms with Crippen molar-refractivity contribution in [2.24, 2.45) is 11.8 Å². The predicted molar refractivity (Wildman–Crippen MR) is 118 cm³/mol. The molecule has 0 bridgehead atoms. The zero-order valence-corrected chi connectivity index (χ0v) is 18.1. The number of benzene rings is 1. The van der Waals surface area contributed by atoms with E-state index in [-0.39, 0.29) is 23.7 Å². The first-order valence-electron chi connectivity index (χ1n) is 11.4. The molecule has 0 radical (unpaired) electrons. The van der Waals surface area contributed by atoms with E-state index in [1.54, 1.807) is 0 Å². The first kappa shape index (κ1) is 20.8. The van der Waals surface area contributed by atoms with Crippen molar-refractivity contribution in [3.63, 3.8) is 0 Å². The highest BCUT2D eigenvalue weighted by Gasteiger charge is 2.36. The normalized spacial score (nSPS) is 17.6. The van der Waals surface area contributed by atoms with Crippen molar-refractivity contribution in [1.29, 1.82) is 0 Å². The molecule has 7 nitrogen and oxygen atoms in total. The van der Waals surface area contributed by atoms with Gasteiger partial charge >= 0.3 is 0 Å². The lowest BCUT2D eigenvalue weighted by atomic mass is 9.95. The first-order chi connectivity index (χ1) is 14.6. The van der Waals surface area contributed by atoms with E-state index in [1.165, 1.54) is 0 Å². The predicted octanol–water partition coefficient (Wildman–Crippen LogP) is 2.97. The largest absolute Gasteiger partial charge is 0.342 e.